The Hall–Kier alpha value is 0. The van der Waals surface area contributed by atoms with Crippen LogP contribution < -0.4 is 0 Å². The molecule has 0 N–H and O–H groups in total. The molecule has 0 radical (unpaired) electrons. The third kappa shape index (κ3) is 325. The summed E-state index contributed by atoms with van der Waals surface area (Å²) in [6.45, 7) is 32.0. The second kappa shape index (κ2) is 385. The largest absolute Gasteiger partial charge is 0.0683 e. The lowest BCUT2D eigenvalue weighted by atomic mass is 10.0. The molecule has 0 atom stereocenters. The van der Waals surface area contributed by atoms with E-state index < -0.39 is 0 Å². The second-order valence-corrected chi connectivity index (χ2v) is 1.41. The summed E-state index contributed by atoms with van der Waals surface area (Å²) in [5, 5.41) is 0. The van der Waals surface area contributed by atoms with Crippen molar-refractivity contribution >= 4 is 0 Å². The van der Waals surface area contributed by atoms with E-state index in [9.17, 15) is 0 Å². The van der Waals surface area contributed by atoms with E-state index in [4.69, 9.17) is 0 Å². The van der Waals surface area contributed by atoms with E-state index in [0.717, 1.165) is 0 Å². The highest BCUT2D eigenvalue weighted by atomic mass is 14.0. The summed E-state index contributed by atoms with van der Waals surface area (Å²) in [6.07, 6.45) is 6.00. The molecular formula is C20H56. The Morgan fingerprint density at radius 2 is 0.250 bits per heavy atom. The molecule has 0 heteroatoms. The molecule has 1 rings (SSSR count). The van der Waals surface area contributed by atoms with Gasteiger partial charge < -0.3 is 0 Å². The van der Waals surface area contributed by atoms with E-state index in [-0.39, 0.29) is 0 Å². The van der Waals surface area contributed by atoms with Gasteiger partial charge in [0, 0.05) is 0 Å². The van der Waals surface area contributed by atoms with Crippen LogP contribution in [0.4, 0.5) is 0 Å². The average Bonchev–Trinajstić information content (AvgIpc) is 2.60. The van der Waals surface area contributed by atoms with Crippen molar-refractivity contribution in [1.82, 2.24) is 0 Å². The molecule has 20 heavy (non-hydrogen) atoms. The molecule has 0 aromatic rings. The molecule has 0 heterocycles. The Morgan fingerprint density at radius 1 is 0.200 bits per heavy atom. The summed E-state index contributed by atoms with van der Waals surface area (Å²) in [4.78, 5) is 0. The van der Waals surface area contributed by atoms with Gasteiger partial charge in [-0.1, -0.05) is 136 Å². The zero-order valence-electron chi connectivity index (χ0n) is 18.8. The highest BCUT2D eigenvalue weighted by Crippen LogP contribution is 2.15. The van der Waals surface area contributed by atoms with Crippen LogP contribution >= 0.6 is 0 Å². The van der Waals surface area contributed by atoms with Crippen LogP contribution in [0.15, 0.2) is 0 Å². The van der Waals surface area contributed by atoms with Crippen LogP contribution in [0, 0.1) is 0 Å². The summed E-state index contributed by atoms with van der Waals surface area (Å²) >= 11 is 0. The first kappa shape index (κ1) is 50.1. The minimum atomic E-state index is 1.50. The summed E-state index contributed by atoms with van der Waals surface area (Å²) in [6, 6.07) is 0. The highest BCUT2D eigenvalue weighted by molar-refractivity contribution is 4.50. The van der Waals surface area contributed by atoms with Crippen LogP contribution in [-0.4, -0.2) is 0 Å². The van der Waals surface area contributed by atoms with Gasteiger partial charge in [0.15, 0.2) is 0 Å². The minimum absolute atomic E-state index is 1.50. The van der Waals surface area contributed by atoms with E-state index >= 15 is 0 Å². The van der Waals surface area contributed by atoms with Crippen LogP contribution in [0.25, 0.3) is 0 Å². The maximum absolute atomic E-state index is 2.00. The number of hydrogen-bond donors (Lipinski definition) is 0. The fourth-order valence-corrected chi connectivity index (χ4v) is 0.250. The minimum Gasteiger partial charge on any atom is -0.0683 e. The third-order valence-electron chi connectivity index (χ3n) is 1.000. The predicted molar refractivity (Wildman–Crippen MR) is 109 cm³/mol. The molecule has 0 unspecified atom stereocenters. The summed E-state index contributed by atoms with van der Waals surface area (Å²) in [5.74, 6) is 0. The van der Waals surface area contributed by atoms with Crippen molar-refractivity contribution in [3.05, 3.63) is 0 Å². The molecule has 1 saturated carbocycles. The first-order chi connectivity index (χ1) is 10.0. The van der Waals surface area contributed by atoms with Gasteiger partial charge in [0.05, 0.1) is 0 Å². The molecule has 1 fully saturated rings. The van der Waals surface area contributed by atoms with Gasteiger partial charge >= 0.3 is 0 Å². The van der Waals surface area contributed by atoms with Crippen molar-refractivity contribution in [3.63, 3.8) is 0 Å². The predicted octanol–water partition coefficient (Wildman–Crippen LogP) is 9.77. The van der Waals surface area contributed by atoms with E-state index in [2.05, 4.69) is 0 Å². The van der Waals surface area contributed by atoms with Gasteiger partial charge in [-0.2, -0.15) is 0 Å². The highest BCUT2D eigenvalue weighted by Gasteiger charge is 1.95. The molecule has 0 aliphatic heterocycles. The lowest BCUT2D eigenvalue weighted by Gasteiger charge is -2.05. The van der Waals surface area contributed by atoms with Crippen molar-refractivity contribution < 1.29 is 0 Å². The smallest absolute Gasteiger partial charge is 0.0533 e. The van der Waals surface area contributed by atoms with Gasteiger partial charge in [0.2, 0.25) is 0 Å². The van der Waals surface area contributed by atoms with Crippen molar-refractivity contribution in [3.8, 4) is 0 Å². The molecule has 0 amide bonds. The fourth-order valence-electron chi connectivity index (χ4n) is 0.250. The van der Waals surface area contributed by atoms with Crippen molar-refractivity contribution in [1.29, 1.82) is 0 Å². The lowest BCUT2D eigenvalue weighted by Crippen LogP contribution is -1.85. The Bertz CT molecular complexity index is 8.00. The number of hydrogen-bond acceptors (Lipinski definition) is 0. The summed E-state index contributed by atoms with van der Waals surface area (Å²) < 4.78 is 0. The molecule has 0 bridgehead atoms. The molecule has 0 aromatic heterocycles. The zero-order chi connectivity index (χ0) is 18.8. The van der Waals surface area contributed by atoms with Crippen molar-refractivity contribution in [2.75, 3.05) is 0 Å². The molecule has 1 aliphatic carbocycles. The Morgan fingerprint density at radius 3 is 0.250 bits per heavy atom. The van der Waals surface area contributed by atoms with Gasteiger partial charge in [-0.25, -0.2) is 0 Å². The number of rotatable bonds is 0. The third-order valence-corrected chi connectivity index (χ3v) is 1.000. The van der Waals surface area contributed by atoms with Gasteiger partial charge in [-0.05, 0) is 0 Å². The average molecular weight is 297 g/mol. The molecular weight excluding hydrogens is 240 g/mol. The Kier molecular flexibility index (Phi) is 965. The Balaban J connectivity index is -0.0000000139. The second-order valence-electron chi connectivity index (χ2n) is 1.41. The van der Waals surface area contributed by atoms with E-state index in [1.807, 2.05) is 111 Å². The summed E-state index contributed by atoms with van der Waals surface area (Å²) in [5.41, 5.74) is 0. The van der Waals surface area contributed by atoms with Crippen molar-refractivity contribution in [2.45, 2.75) is 136 Å². The van der Waals surface area contributed by atoms with Crippen LogP contribution in [0.2, 0.25) is 0 Å². The van der Waals surface area contributed by atoms with E-state index in [0.29, 0.717) is 0 Å². The topological polar surface area (TPSA) is 0 Å². The maximum Gasteiger partial charge on any atom is -0.0533 e. The monoisotopic (exact) mass is 296 g/mol. The van der Waals surface area contributed by atoms with Gasteiger partial charge in [-0.3, -0.25) is 0 Å². The quantitative estimate of drug-likeness (QED) is 0.417. The molecule has 0 spiro atoms. The zero-order valence-corrected chi connectivity index (χ0v) is 18.8. The Labute approximate surface area is 137 Å². The van der Waals surface area contributed by atoms with Crippen LogP contribution in [0.1, 0.15) is 136 Å². The molecule has 1 aliphatic rings. The van der Waals surface area contributed by atoms with Gasteiger partial charge in [0.1, 0.15) is 0 Å². The maximum atomic E-state index is 2.00. The standard InChI is InChI=1S/C4H8.8C2H6/c1-2-4-3-1;8*1-2/h1-4H2;8*1-2H3. The van der Waals surface area contributed by atoms with E-state index in [1.54, 1.807) is 0 Å². The molecule has 0 nitrogen and oxygen atoms in total. The SMILES string of the molecule is C1CCC1.CC.CC.CC.CC.CC.CC.CC.CC. The van der Waals surface area contributed by atoms with Gasteiger partial charge in [-0.15, -0.1) is 0 Å². The van der Waals surface area contributed by atoms with Crippen LogP contribution in [0.5, 0.6) is 0 Å². The first-order valence-corrected chi connectivity index (χ1v) is 10.0. The normalized spacial score (nSPS) is 7.20. The van der Waals surface area contributed by atoms with Crippen molar-refractivity contribution in [2.24, 2.45) is 0 Å². The fraction of sp³-hybridized carbons (Fsp3) is 1.00. The lowest BCUT2D eigenvalue weighted by molar-refractivity contribution is 0.504. The first-order valence-electron chi connectivity index (χ1n) is 10.0. The molecule has 136 valence electrons. The molecule has 0 aromatic carbocycles. The van der Waals surface area contributed by atoms with Crippen LogP contribution in [0.3, 0.4) is 0 Å². The van der Waals surface area contributed by atoms with Crippen LogP contribution in [-0.2, 0) is 0 Å². The van der Waals surface area contributed by atoms with E-state index in [1.165, 1.54) is 25.7 Å². The summed E-state index contributed by atoms with van der Waals surface area (Å²) in [7, 11) is 0. The van der Waals surface area contributed by atoms with Gasteiger partial charge in [0.25, 0.3) is 0 Å². The molecule has 0 saturated heterocycles.